The van der Waals surface area contributed by atoms with Crippen LogP contribution < -0.4 is 0 Å². The van der Waals surface area contributed by atoms with Gasteiger partial charge in [0.2, 0.25) is 0 Å². The van der Waals surface area contributed by atoms with E-state index in [4.69, 9.17) is 0 Å². The number of Topliss-reactive ketones (excluding diaryl/α,β-unsaturated/α-hetero) is 1. The highest BCUT2D eigenvalue weighted by Crippen LogP contribution is 2.50. The molecule has 0 radical (unpaired) electrons. The van der Waals surface area contributed by atoms with Crippen molar-refractivity contribution < 1.29 is 4.79 Å². The number of thiophene rings is 1. The summed E-state index contributed by atoms with van der Waals surface area (Å²) >= 11 is 1.79. The van der Waals surface area contributed by atoms with Gasteiger partial charge in [-0.25, -0.2) is 0 Å². The monoisotopic (exact) mass is 180 g/mol. The van der Waals surface area contributed by atoms with Crippen LogP contribution in [-0.4, -0.2) is 5.78 Å². The molecule has 12 heavy (non-hydrogen) atoms. The van der Waals surface area contributed by atoms with Gasteiger partial charge in [-0.05, 0) is 37.3 Å². The van der Waals surface area contributed by atoms with Crippen LogP contribution in [0, 0.1) is 12.8 Å². The summed E-state index contributed by atoms with van der Waals surface area (Å²) in [7, 11) is 0. The molecule has 0 N–H and O–H groups in total. The Hall–Kier alpha value is -0.630. The van der Waals surface area contributed by atoms with Crippen molar-refractivity contribution in [3.8, 4) is 0 Å². The van der Waals surface area contributed by atoms with E-state index in [2.05, 4.69) is 18.4 Å². The van der Waals surface area contributed by atoms with Gasteiger partial charge in [-0.1, -0.05) is 0 Å². The lowest BCUT2D eigenvalue weighted by Gasteiger charge is -1.94. The number of ketones is 1. The number of rotatable bonds is 2. The summed E-state index contributed by atoms with van der Waals surface area (Å²) < 4.78 is 0. The summed E-state index contributed by atoms with van der Waals surface area (Å²) in [5.74, 6) is 1.25. The second-order valence-electron chi connectivity index (χ2n) is 3.53. The molecule has 1 aromatic heterocycles. The molecule has 0 bridgehead atoms. The van der Waals surface area contributed by atoms with Gasteiger partial charge in [-0.2, -0.15) is 0 Å². The third-order valence-corrected chi connectivity index (χ3v) is 3.70. The Kier molecular flexibility index (Phi) is 1.80. The van der Waals surface area contributed by atoms with Crippen LogP contribution in [0.1, 0.15) is 29.7 Å². The van der Waals surface area contributed by atoms with E-state index < -0.39 is 0 Å². The first-order valence-electron chi connectivity index (χ1n) is 4.24. The molecular formula is C10H12OS. The molecule has 1 aliphatic rings. The highest BCUT2D eigenvalue weighted by molar-refractivity contribution is 7.10. The molecule has 2 heteroatoms. The van der Waals surface area contributed by atoms with Crippen molar-refractivity contribution >= 4 is 17.1 Å². The van der Waals surface area contributed by atoms with Crippen LogP contribution >= 0.6 is 11.3 Å². The average Bonchev–Trinajstić information content (AvgIpc) is 2.70. The molecular weight excluding hydrogens is 168 g/mol. The van der Waals surface area contributed by atoms with Crippen molar-refractivity contribution in [3.05, 3.63) is 21.9 Å². The Morgan fingerprint density at radius 3 is 2.83 bits per heavy atom. The van der Waals surface area contributed by atoms with Gasteiger partial charge < -0.3 is 0 Å². The van der Waals surface area contributed by atoms with Gasteiger partial charge in [0.15, 0.2) is 0 Å². The largest absolute Gasteiger partial charge is 0.300 e. The summed E-state index contributed by atoms with van der Waals surface area (Å²) in [6, 6.07) is 2.13. The second kappa shape index (κ2) is 2.70. The quantitative estimate of drug-likeness (QED) is 0.684. The molecule has 1 heterocycles. The lowest BCUT2D eigenvalue weighted by Crippen LogP contribution is -1.93. The third kappa shape index (κ3) is 1.20. The smallest absolute Gasteiger partial charge is 0.133 e. The minimum absolute atomic E-state index is 0.336. The molecule has 0 aromatic carbocycles. The molecule has 1 saturated carbocycles. The van der Waals surface area contributed by atoms with Crippen molar-refractivity contribution in [2.24, 2.45) is 5.92 Å². The first kappa shape index (κ1) is 7.99. The van der Waals surface area contributed by atoms with Gasteiger partial charge in [0.25, 0.3) is 0 Å². The fraction of sp³-hybridized carbons (Fsp3) is 0.500. The number of carbonyl (C=O) groups is 1. The molecule has 1 aromatic rings. The minimum Gasteiger partial charge on any atom is -0.300 e. The topological polar surface area (TPSA) is 17.1 Å². The van der Waals surface area contributed by atoms with Gasteiger partial charge in [0, 0.05) is 16.7 Å². The van der Waals surface area contributed by atoms with Crippen LogP contribution in [0.5, 0.6) is 0 Å². The van der Waals surface area contributed by atoms with Crippen LogP contribution in [0.15, 0.2) is 11.4 Å². The van der Waals surface area contributed by atoms with E-state index in [-0.39, 0.29) is 0 Å². The van der Waals surface area contributed by atoms with Crippen LogP contribution in [-0.2, 0) is 4.79 Å². The summed E-state index contributed by atoms with van der Waals surface area (Å²) in [5, 5.41) is 2.11. The van der Waals surface area contributed by atoms with Crippen molar-refractivity contribution in [1.82, 2.24) is 0 Å². The molecule has 2 rings (SSSR count). The highest BCUT2D eigenvalue weighted by Gasteiger charge is 2.42. The number of hydrogen-bond donors (Lipinski definition) is 0. The standard InChI is InChI=1S/C10H12OS/c1-6-3-4-12-10(6)9-5-8(9)7(2)11/h3-4,8-9H,5H2,1-2H3. The zero-order valence-corrected chi connectivity index (χ0v) is 8.15. The second-order valence-corrected chi connectivity index (χ2v) is 4.47. The molecule has 2 atom stereocenters. The molecule has 0 spiro atoms. The maximum absolute atomic E-state index is 11.0. The molecule has 64 valence electrons. The Morgan fingerprint density at radius 2 is 2.42 bits per heavy atom. The van der Waals surface area contributed by atoms with E-state index in [1.54, 1.807) is 18.3 Å². The highest BCUT2D eigenvalue weighted by atomic mass is 32.1. The van der Waals surface area contributed by atoms with E-state index in [1.165, 1.54) is 10.4 Å². The van der Waals surface area contributed by atoms with Gasteiger partial charge in [0.1, 0.15) is 5.78 Å². The van der Waals surface area contributed by atoms with Crippen molar-refractivity contribution in [1.29, 1.82) is 0 Å². The number of carbonyl (C=O) groups excluding carboxylic acids is 1. The van der Waals surface area contributed by atoms with Crippen LogP contribution in [0.2, 0.25) is 0 Å². The normalized spacial score (nSPS) is 27.2. The van der Waals surface area contributed by atoms with Crippen molar-refractivity contribution in [3.63, 3.8) is 0 Å². The first-order chi connectivity index (χ1) is 5.70. The minimum atomic E-state index is 0.336. The molecule has 0 amide bonds. The Balaban J connectivity index is 2.15. The fourth-order valence-corrected chi connectivity index (χ4v) is 2.81. The number of hydrogen-bond acceptors (Lipinski definition) is 2. The fourth-order valence-electron chi connectivity index (χ4n) is 1.70. The van der Waals surface area contributed by atoms with E-state index in [0.717, 1.165) is 6.42 Å². The maximum Gasteiger partial charge on any atom is 0.133 e. The van der Waals surface area contributed by atoms with Gasteiger partial charge in [0.05, 0.1) is 0 Å². The average molecular weight is 180 g/mol. The third-order valence-electron chi connectivity index (χ3n) is 2.55. The molecule has 0 saturated heterocycles. The predicted octanol–water partition coefficient (Wildman–Crippen LogP) is 2.75. The Bertz CT molecular complexity index is 313. The lowest BCUT2D eigenvalue weighted by molar-refractivity contribution is -0.118. The van der Waals surface area contributed by atoms with Crippen molar-refractivity contribution in [2.75, 3.05) is 0 Å². The zero-order chi connectivity index (χ0) is 8.72. The lowest BCUT2D eigenvalue weighted by atomic mass is 10.1. The maximum atomic E-state index is 11.0. The van der Waals surface area contributed by atoms with E-state index in [0.29, 0.717) is 17.6 Å². The molecule has 1 nitrogen and oxygen atoms in total. The summed E-state index contributed by atoms with van der Waals surface area (Å²) in [5.41, 5.74) is 1.36. The first-order valence-corrected chi connectivity index (χ1v) is 5.12. The van der Waals surface area contributed by atoms with E-state index in [9.17, 15) is 4.79 Å². The zero-order valence-electron chi connectivity index (χ0n) is 7.33. The van der Waals surface area contributed by atoms with Crippen LogP contribution in [0.25, 0.3) is 0 Å². The molecule has 1 fully saturated rings. The summed E-state index contributed by atoms with van der Waals surface area (Å²) in [6.45, 7) is 3.83. The van der Waals surface area contributed by atoms with E-state index >= 15 is 0 Å². The van der Waals surface area contributed by atoms with E-state index in [1.807, 2.05) is 0 Å². The molecule has 1 aliphatic carbocycles. The van der Waals surface area contributed by atoms with Gasteiger partial charge >= 0.3 is 0 Å². The number of aryl methyl sites for hydroxylation is 1. The SMILES string of the molecule is CC(=O)C1CC1c1sccc1C. The van der Waals surface area contributed by atoms with Crippen LogP contribution in [0.4, 0.5) is 0 Å². The summed E-state index contributed by atoms with van der Waals surface area (Å²) in [6.07, 6.45) is 1.08. The summed E-state index contributed by atoms with van der Waals surface area (Å²) in [4.78, 5) is 12.5. The van der Waals surface area contributed by atoms with Gasteiger partial charge in [-0.15, -0.1) is 11.3 Å². The molecule has 0 aliphatic heterocycles. The van der Waals surface area contributed by atoms with Crippen LogP contribution in [0.3, 0.4) is 0 Å². The Labute approximate surface area is 76.4 Å². The Morgan fingerprint density at radius 1 is 1.67 bits per heavy atom. The molecule has 2 unspecified atom stereocenters. The van der Waals surface area contributed by atoms with Gasteiger partial charge in [-0.3, -0.25) is 4.79 Å². The predicted molar refractivity (Wildman–Crippen MR) is 50.6 cm³/mol. The van der Waals surface area contributed by atoms with Crippen molar-refractivity contribution in [2.45, 2.75) is 26.2 Å².